The largest absolute Gasteiger partial charge is 0.491 e. The van der Waals surface area contributed by atoms with E-state index in [0.29, 0.717) is 23.4 Å². The monoisotopic (exact) mass is 428 g/mol. The van der Waals surface area contributed by atoms with Crippen molar-refractivity contribution in [2.75, 3.05) is 6.61 Å². The molecular weight excluding hydrogens is 408 g/mol. The second-order valence-corrected chi connectivity index (χ2v) is 7.14. The molecular formula is C21H21BrN2O3. The number of hydrogen-bond donors (Lipinski definition) is 1. The number of aliphatic hydroxyl groups is 1. The lowest BCUT2D eigenvalue weighted by atomic mass is 10.0. The van der Waals surface area contributed by atoms with Crippen LogP contribution in [-0.4, -0.2) is 33.4 Å². The molecule has 27 heavy (non-hydrogen) atoms. The van der Waals surface area contributed by atoms with Gasteiger partial charge in [-0.1, -0.05) is 30.3 Å². The molecule has 0 aliphatic rings. The van der Waals surface area contributed by atoms with E-state index in [4.69, 9.17) is 4.74 Å². The van der Waals surface area contributed by atoms with Crippen molar-refractivity contribution < 1.29 is 14.6 Å². The van der Waals surface area contributed by atoms with E-state index in [2.05, 4.69) is 21.0 Å². The summed E-state index contributed by atoms with van der Waals surface area (Å²) in [5, 5.41) is 14.6. The van der Waals surface area contributed by atoms with Gasteiger partial charge in [-0.25, -0.2) is 0 Å². The van der Waals surface area contributed by atoms with Gasteiger partial charge in [-0.2, -0.15) is 5.10 Å². The molecule has 0 saturated carbocycles. The lowest BCUT2D eigenvalue weighted by Gasteiger charge is -2.14. The van der Waals surface area contributed by atoms with Gasteiger partial charge in [-0.3, -0.25) is 9.48 Å². The molecule has 1 unspecified atom stereocenters. The number of aromatic nitrogens is 2. The maximum Gasteiger partial charge on any atom is 0.193 e. The van der Waals surface area contributed by atoms with Gasteiger partial charge in [-0.15, -0.1) is 0 Å². The van der Waals surface area contributed by atoms with Crippen LogP contribution in [0.4, 0.5) is 0 Å². The van der Waals surface area contributed by atoms with Crippen molar-refractivity contribution in [1.82, 2.24) is 9.78 Å². The van der Waals surface area contributed by atoms with Gasteiger partial charge in [0.25, 0.3) is 0 Å². The number of aryl methyl sites for hydroxylation is 1. The Morgan fingerprint density at radius 3 is 2.33 bits per heavy atom. The van der Waals surface area contributed by atoms with E-state index < -0.39 is 6.10 Å². The smallest absolute Gasteiger partial charge is 0.193 e. The van der Waals surface area contributed by atoms with Gasteiger partial charge in [0, 0.05) is 16.8 Å². The molecule has 1 N–H and O–H groups in total. The van der Waals surface area contributed by atoms with Crippen molar-refractivity contribution >= 4 is 21.7 Å². The first-order valence-electron chi connectivity index (χ1n) is 8.66. The van der Waals surface area contributed by atoms with Crippen LogP contribution in [0, 0.1) is 13.8 Å². The number of aliphatic hydroxyl groups excluding tert-OH is 1. The fourth-order valence-electron chi connectivity index (χ4n) is 2.76. The molecule has 5 nitrogen and oxygen atoms in total. The topological polar surface area (TPSA) is 64.3 Å². The summed E-state index contributed by atoms with van der Waals surface area (Å²) in [7, 11) is 0. The second kappa shape index (κ2) is 8.50. The summed E-state index contributed by atoms with van der Waals surface area (Å²) >= 11 is 3.48. The average Bonchev–Trinajstić information content (AvgIpc) is 2.93. The number of rotatable bonds is 7. The predicted molar refractivity (Wildman–Crippen MR) is 107 cm³/mol. The van der Waals surface area contributed by atoms with E-state index in [0.717, 1.165) is 15.9 Å². The van der Waals surface area contributed by atoms with Crippen LogP contribution in [0.2, 0.25) is 0 Å². The van der Waals surface area contributed by atoms with Crippen LogP contribution >= 0.6 is 15.9 Å². The summed E-state index contributed by atoms with van der Waals surface area (Å²) in [6.45, 7) is 4.35. The number of ether oxygens (including phenoxy) is 1. The quantitative estimate of drug-likeness (QED) is 0.578. The number of halogens is 1. The first-order chi connectivity index (χ1) is 13.0. The third-order valence-electron chi connectivity index (χ3n) is 4.27. The van der Waals surface area contributed by atoms with Gasteiger partial charge < -0.3 is 9.84 Å². The second-order valence-electron chi connectivity index (χ2n) is 6.35. The van der Waals surface area contributed by atoms with Crippen molar-refractivity contribution in [2.45, 2.75) is 26.5 Å². The zero-order valence-electron chi connectivity index (χ0n) is 15.2. The molecule has 0 spiro atoms. The summed E-state index contributed by atoms with van der Waals surface area (Å²) in [6.07, 6.45) is -0.694. The molecule has 1 aromatic heterocycles. The van der Waals surface area contributed by atoms with E-state index in [-0.39, 0.29) is 12.4 Å². The van der Waals surface area contributed by atoms with Gasteiger partial charge in [-0.05, 0) is 54.0 Å². The molecule has 1 heterocycles. The molecule has 1 atom stereocenters. The van der Waals surface area contributed by atoms with E-state index in [1.165, 1.54) is 0 Å². The summed E-state index contributed by atoms with van der Waals surface area (Å²) in [5.41, 5.74) is 3.11. The lowest BCUT2D eigenvalue weighted by molar-refractivity contribution is 0.0886. The number of benzene rings is 2. The van der Waals surface area contributed by atoms with Crippen molar-refractivity contribution in [3.8, 4) is 5.75 Å². The molecule has 0 amide bonds. The van der Waals surface area contributed by atoms with E-state index in [1.807, 2.05) is 32.0 Å². The molecule has 0 saturated heterocycles. The minimum Gasteiger partial charge on any atom is -0.491 e. The van der Waals surface area contributed by atoms with Gasteiger partial charge in [0.15, 0.2) is 5.78 Å². The van der Waals surface area contributed by atoms with Gasteiger partial charge in [0.1, 0.15) is 18.5 Å². The lowest BCUT2D eigenvalue weighted by Crippen LogP contribution is -2.24. The minimum absolute atomic E-state index is 0.0303. The maximum atomic E-state index is 12.4. The first-order valence-corrected chi connectivity index (χ1v) is 9.45. The predicted octanol–water partition coefficient (Wildman–Crippen LogP) is 3.93. The minimum atomic E-state index is -0.694. The Kier molecular flexibility index (Phi) is 6.08. The van der Waals surface area contributed by atoms with Crippen molar-refractivity contribution in [3.05, 3.63) is 81.6 Å². The number of ketones is 1. The highest BCUT2D eigenvalue weighted by atomic mass is 79.9. The van der Waals surface area contributed by atoms with Crippen LogP contribution in [0.5, 0.6) is 5.75 Å². The number of carbonyl (C=O) groups excluding carboxylic acids is 1. The van der Waals surface area contributed by atoms with E-state index >= 15 is 0 Å². The van der Waals surface area contributed by atoms with E-state index in [1.54, 1.807) is 41.1 Å². The normalized spacial score (nSPS) is 12.0. The number of nitrogens with zero attached hydrogens (tertiary/aromatic N) is 2. The molecule has 0 bridgehead atoms. The number of hydrogen-bond acceptors (Lipinski definition) is 4. The third kappa shape index (κ3) is 4.64. The molecule has 140 valence electrons. The molecule has 3 rings (SSSR count). The van der Waals surface area contributed by atoms with Crippen molar-refractivity contribution in [3.63, 3.8) is 0 Å². The maximum absolute atomic E-state index is 12.4. The molecule has 6 heteroatoms. The Morgan fingerprint density at radius 1 is 1.11 bits per heavy atom. The van der Waals surface area contributed by atoms with Crippen molar-refractivity contribution in [1.29, 1.82) is 0 Å². The fourth-order valence-corrected chi connectivity index (χ4v) is 3.04. The Labute approximate surface area is 166 Å². The van der Waals surface area contributed by atoms with Crippen molar-refractivity contribution in [2.24, 2.45) is 0 Å². The molecule has 3 aromatic rings. The SMILES string of the molecule is Cc1nn(CC(O)COc2ccc(C(=O)c3ccccc3)cc2)c(C)c1Br. The molecule has 0 aliphatic heterocycles. The molecule has 0 radical (unpaired) electrons. The van der Waals surface area contributed by atoms with Gasteiger partial charge in [0.05, 0.1) is 16.7 Å². The molecule has 0 fully saturated rings. The third-order valence-corrected chi connectivity index (χ3v) is 5.42. The zero-order valence-corrected chi connectivity index (χ0v) is 16.8. The van der Waals surface area contributed by atoms with Crippen LogP contribution in [0.1, 0.15) is 27.3 Å². The summed E-state index contributed by atoms with van der Waals surface area (Å²) in [4.78, 5) is 12.4. The van der Waals surface area contributed by atoms with Gasteiger partial charge >= 0.3 is 0 Å². The molecule has 0 aliphatic carbocycles. The standard InChI is InChI=1S/C21H21BrN2O3/c1-14-20(22)15(2)24(23-14)12-18(25)13-27-19-10-8-17(9-11-19)21(26)16-6-4-3-5-7-16/h3-11,18,25H,12-13H2,1-2H3. The average molecular weight is 429 g/mol. The van der Waals surface area contributed by atoms with E-state index in [9.17, 15) is 9.90 Å². The van der Waals surface area contributed by atoms with Crippen LogP contribution in [0.3, 0.4) is 0 Å². The summed E-state index contributed by atoms with van der Waals surface area (Å²) in [6, 6.07) is 16.1. The summed E-state index contributed by atoms with van der Waals surface area (Å²) in [5.74, 6) is 0.575. The Hall–Kier alpha value is -2.44. The Morgan fingerprint density at radius 2 is 1.74 bits per heavy atom. The Balaban J connectivity index is 1.57. The Bertz CT molecular complexity index is 921. The fraction of sp³-hybridized carbons (Fsp3) is 0.238. The van der Waals surface area contributed by atoms with Crippen LogP contribution < -0.4 is 4.74 Å². The first kappa shape index (κ1) is 19.3. The number of carbonyl (C=O) groups is 1. The van der Waals surface area contributed by atoms with Crippen LogP contribution in [-0.2, 0) is 6.54 Å². The van der Waals surface area contributed by atoms with Gasteiger partial charge in [0.2, 0.25) is 0 Å². The highest BCUT2D eigenvalue weighted by molar-refractivity contribution is 9.10. The highest BCUT2D eigenvalue weighted by Crippen LogP contribution is 2.20. The zero-order chi connectivity index (χ0) is 19.4. The van der Waals surface area contributed by atoms with Crippen LogP contribution in [0.15, 0.2) is 59.1 Å². The highest BCUT2D eigenvalue weighted by Gasteiger charge is 2.14. The van der Waals surface area contributed by atoms with Crippen LogP contribution in [0.25, 0.3) is 0 Å². The molecule has 2 aromatic carbocycles. The summed E-state index contributed by atoms with van der Waals surface area (Å²) < 4.78 is 8.36.